The summed E-state index contributed by atoms with van der Waals surface area (Å²) in [5, 5.41) is 5.76. The van der Waals surface area contributed by atoms with Crippen molar-refractivity contribution in [2.24, 2.45) is 0 Å². The molecule has 0 atom stereocenters. The second-order valence-corrected chi connectivity index (χ2v) is 14.8. The monoisotopic (exact) mass is 785 g/mol. The maximum atomic E-state index is 11.8. The highest BCUT2D eigenvalue weighted by Crippen LogP contribution is 2.30. The average Bonchev–Trinajstić information content (AvgIpc) is 3.58. The molecule has 18 heteroatoms. The molecular formula is C33H47N5O9S4. The van der Waals surface area contributed by atoms with Crippen molar-refractivity contribution >= 4 is 84.7 Å². The van der Waals surface area contributed by atoms with Gasteiger partial charge in [0.1, 0.15) is 10.1 Å². The van der Waals surface area contributed by atoms with Crippen LogP contribution in [0.1, 0.15) is 86.5 Å². The number of carbonyl (C=O) groups is 7. The second kappa shape index (κ2) is 27.1. The van der Waals surface area contributed by atoms with E-state index in [2.05, 4.69) is 15.3 Å². The molecule has 2 aromatic heterocycles. The quantitative estimate of drug-likeness (QED) is 0.102. The Kier molecular flexibility index (Phi) is 25.2. The number of unbranched alkanes of at least 4 members (excludes halogenated alkanes) is 2. The zero-order valence-corrected chi connectivity index (χ0v) is 29.2. The molecule has 2 aliphatic heterocycles. The lowest BCUT2D eigenvalue weighted by Gasteiger charge is -2.12. The van der Waals surface area contributed by atoms with Gasteiger partial charge in [0.2, 0.25) is 5.91 Å². The van der Waals surface area contributed by atoms with Gasteiger partial charge >= 0.3 is 11.9 Å². The van der Waals surface area contributed by atoms with Gasteiger partial charge < -0.3 is 15.0 Å². The van der Waals surface area contributed by atoms with Gasteiger partial charge in [-0.2, -0.15) is 0 Å². The molecule has 4 heterocycles. The molecule has 2 aromatic rings. The summed E-state index contributed by atoms with van der Waals surface area (Å²) in [6.45, 7) is 0.551. The van der Waals surface area contributed by atoms with Gasteiger partial charge in [0, 0.05) is 69.0 Å². The number of pyridine rings is 2. The first kappa shape index (κ1) is 47.4. The van der Waals surface area contributed by atoms with Crippen molar-refractivity contribution in [2.45, 2.75) is 96.5 Å². The fraction of sp³-hybridized carbons (Fsp3) is 0.485. The highest BCUT2D eigenvalue weighted by Gasteiger charge is 2.33. The maximum Gasteiger partial charge on any atom is 0.334 e. The Labute approximate surface area is 315 Å². The average molecular weight is 786 g/mol. The van der Waals surface area contributed by atoms with E-state index < -0.39 is 35.6 Å². The maximum absolute atomic E-state index is 11.8. The lowest BCUT2D eigenvalue weighted by Crippen LogP contribution is -2.32. The molecule has 282 valence electrons. The fourth-order valence-electron chi connectivity index (χ4n) is 3.75. The van der Waals surface area contributed by atoms with Gasteiger partial charge in [0.15, 0.2) is 0 Å². The molecule has 2 aliphatic rings. The second-order valence-electron chi connectivity index (χ2n) is 9.90. The van der Waals surface area contributed by atoms with Gasteiger partial charge in [-0.05, 0) is 58.7 Å². The number of aromatic nitrogens is 2. The van der Waals surface area contributed by atoms with E-state index in [4.69, 9.17) is 9.68 Å². The first-order valence-corrected chi connectivity index (χ1v) is 19.7. The predicted octanol–water partition coefficient (Wildman–Crippen LogP) is 6.22. The van der Waals surface area contributed by atoms with Crippen molar-refractivity contribution in [1.82, 2.24) is 25.4 Å². The molecule has 0 spiro atoms. The fourth-order valence-corrected chi connectivity index (χ4v) is 7.47. The minimum atomic E-state index is -0.588. The number of hydrogen-bond acceptors (Lipinski definition) is 15. The number of carbonyl (C=O) groups excluding carboxylic acids is 7. The number of amides is 5. The minimum Gasteiger partial charge on any atom is -0.356 e. The molecule has 51 heavy (non-hydrogen) atoms. The zero-order valence-electron chi connectivity index (χ0n) is 25.9. The minimum absolute atomic E-state index is 0. The van der Waals surface area contributed by atoms with E-state index in [0.717, 1.165) is 22.9 Å². The molecule has 5 amide bonds. The zero-order chi connectivity index (χ0) is 34.6. The van der Waals surface area contributed by atoms with Crippen molar-refractivity contribution in [3.05, 3.63) is 48.8 Å². The standard InChI is InChI=1S/C18H23N3O5S2.C12H12N2O4S2.3CH4/c22-14(10-13-27-28-15-6-3-5-12-20-15)19-11-4-1-2-7-18(25)26-21-16(23)8-9-17(21)24;15-10-4-5-11(16)14(10)18-12(17)6-8-19-20-9-3-1-2-7-13-9;;;/h3,5-6,12H,1-2,4,7-11,13H2,(H,19,22);1-3,7H,4-6,8H2;3*1H4. The smallest absolute Gasteiger partial charge is 0.334 e. The Bertz CT molecular complexity index is 1380. The van der Waals surface area contributed by atoms with Crippen LogP contribution in [0.15, 0.2) is 58.8 Å². The molecule has 4 rings (SSSR count). The van der Waals surface area contributed by atoms with Crippen LogP contribution >= 0.6 is 43.2 Å². The number of rotatable bonds is 18. The first-order chi connectivity index (χ1) is 23.2. The Hall–Kier alpha value is -3.61. The van der Waals surface area contributed by atoms with Crippen molar-refractivity contribution in [2.75, 3.05) is 18.1 Å². The van der Waals surface area contributed by atoms with Crippen LogP contribution in [0.4, 0.5) is 0 Å². The lowest BCUT2D eigenvalue weighted by atomic mass is 10.2. The Balaban J connectivity index is 0.000000969. The highest BCUT2D eigenvalue weighted by molar-refractivity contribution is 8.77. The third kappa shape index (κ3) is 19.0. The Morgan fingerprint density at radius 1 is 0.627 bits per heavy atom. The summed E-state index contributed by atoms with van der Waals surface area (Å²) in [4.78, 5) is 97.9. The van der Waals surface area contributed by atoms with Crippen LogP contribution in [-0.4, -0.2) is 79.6 Å². The summed E-state index contributed by atoms with van der Waals surface area (Å²) < 4.78 is 0. The molecule has 1 N–H and O–H groups in total. The third-order valence-corrected chi connectivity index (χ3v) is 10.7. The molecule has 14 nitrogen and oxygen atoms in total. The Morgan fingerprint density at radius 3 is 1.53 bits per heavy atom. The molecule has 0 saturated carbocycles. The molecule has 0 unspecified atom stereocenters. The molecule has 0 bridgehead atoms. The molecule has 0 radical (unpaired) electrons. The summed E-state index contributed by atoms with van der Waals surface area (Å²) in [5.41, 5.74) is 0. The van der Waals surface area contributed by atoms with Gasteiger partial charge in [0.25, 0.3) is 23.6 Å². The number of imide groups is 2. The summed E-state index contributed by atoms with van der Waals surface area (Å²) >= 11 is 0. The number of hydrogen-bond donors (Lipinski definition) is 1. The van der Waals surface area contributed by atoms with E-state index in [1.54, 1.807) is 34.0 Å². The van der Waals surface area contributed by atoms with Gasteiger partial charge in [-0.3, -0.25) is 24.0 Å². The van der Waals surface area contributed by atoms with Gasteiger partial charge in [-0.25, -0.2) is 19.6 Å². The van der Waals surface area contributed by atoms with Crippen LogP contribution in [0.3, 0.4) is 0 Å². The van der Waals surface area contributed by atoms with Crippen LogP contribution in [0.5, 0.6) is 0 Å². The van der Waals surface area contributed by atoms with E-state index in [1.807, 2.05) is 36.4 Å². The Morgan fingerprint density at radius 2 is 1.08 bits per heavy atom. The van der Waals surface area contributed by atoms with Crippen molar-refractivity contribution in [1.29, 1.82) is 0 Å². The van der Waals surface area contributed by atoms with Crippen molar-refractivity contribution < 1.29 is 43.2 Å². The van der Waals surface area contributed by atoms with Crippen molar-refractivity contribution in [3.8, 4) is 0 Å². The molecule has 2 fully saturated rings. The summed E-state index contributed by atoms with van der Waals surface area (Å²) in [6, 6.07) is 11.3. The van der Waals surface area contributed by atoms with Crippen LogP contribution in [0.25, 0.3) is 0 Å². The van der Waals surface area contributed by atoms with E-state index in [1.165, 1.54) is 21.6 Å². The van der Waals surface area contributed by atoms with Crippen molar-refractivity contribution in [3.63, 3.8) is 0 Å². The summed E-state index contributed by atoms with van der Waals surface area (Å²) in [7, 11) is 6.05. The normalized spacial score (nSPS) is 13.3. The SMILES string of the molecule is C.C.C.O=C(CCSSc1ccccn1)NCCCCCC(=O)ON1C(=O)CCC1=O.O=C(CCSSc1ccccn1)ON1C(=O)CCC1=O. The number of nitrogens with zero attached hydrogens (tertiary/aromatic N) is 4. The van der Waals surface area contributed by atoms with E-state index in [-0.39, 0.29) is 66.7 Å². The summed E-state index contributed by atoms with van der Waals surface area (Å²) in [6.07, 6.45) is 6.58. The highest BCUT2D eigenvalue weighted by atomic mass is 33.1. The van der Waals surface area contributed by atoms with E-state index in [9.17, 15) is 33.6 Å². The molecule has 0 aromatic carbocycles. The van der Waals surface area contributed by atoms with Crippen LogP contribution in [-0.2, 0) is 43.2 Å². The van der Waals surface area contributed by atoms with Crippen LogP contribution in [0.2, 0.25) is 0 Å². The molecule has 0 aliphatic carbocycles. The predicted molar refractivity (Wildman–Crippen MR) is 200 cm³/mol. The number of nitrogens with one attached hydrogen (secondary N) is 1. The van der Waals surface area contributed by atoms with E-state index in [0.29, 0.717) is 41.0 Å². The van der Waals surface area contributed by atoms with E-state index >= 15 is 0 Å². The molecular weight excluding hydrogens is 739 g/mol. The van der Waals surface area contributed by atoms with Crippen LogP contribution in [0, 0.1) is 0 Å². The molecule has 2 saturated heterocycles. The summed E-state index contributed by atoms with van der Waals surface area (Å²) in [5.74, 6) is -1.83. The van der Waals surface area contributed by atoms with Gasteiger partial charge in [-0.15, -0.1) is 10.1 Å². The number of hydroxylamine groups is 4. The largest absolute Gasteiger partial charge is 0.356 e. The van der Waals surface area contributed by atoms with Crippen LogP contribution < -0.4 is 5.32 Å². The lowest BCUT2D eigenvalue weighted by molar-refractivity contribution is -0.197. The topological polar surface area (TPSA) is 182 Å². The van der Waals surface area contributed by atoms with Gasteiger partial charge in [-0.1, -0.05) is 62.4 Å². The first-order valence-electron chi connectivity index (χ1n) is 15.0. The van der Waals surface area contributed by atoms with Gasteiger partial charge in [0.05, 0.1) is 6.42 Å². The third-order valence-electron chi connectivity index (χ3n) is 6.14.